The Labute approximate surface area is 135 Å². The molecule has 0 aliphatic rings. The summed E-state index contributed by atoms with van der Waals surface area (Å²) in [5.74, 6) is 0. The Morgan fingerprint density at radius 1 is 1.18 bits per heavy atom. The van der Waals surface area contributed by atoms with Crippen molar-refractivity contribution in [3.63, 3.8) is 0 Å². The molecule has 7 heteroatoms. The number of nitro benzene ring substituents is 1. The lowest BCUT2D eigenvalue weighted by molar-refractivity contribution is -0.384. The van der Waals surface area contributed by atoms with Gasteiger partial charge < -0.3 is 10.6 Å². The third-order valence-electron chi connectivity index (χ3n) is 2.93. The molecule has 0 bridgehead atoms. The van der Waals surface area contributed by atoms with Crippen LogP contribution in [0.15, 0.2) is 53.0 Å². The summed E-state index contributed by atoms with van der Waals surface area (Å²) >= 11 is 3.36. The normalized spacial score (nSPS) is 10.0. The van der Waals surface area contributed by atoms with Crippen molar-refractivity contribution in [1.82, 2.24) is 5.32 Å². The highest BCUT2D eigenvalue weighted by Gasteiger charge is 2.07. The van der Waals surface area contributed by atoms with Crippen LogP contribution in [0.4, 0.5) is 16.2 Å². The lowest BCUT2D eigenvalue weighted by Gasteiger charge is -2.07. The molecular formula is C15H14BrN3O3. The number of rotatable bonds is 5. The molecule has 0 aromatic heterocycles. The van der Waals surface area contributed by atoms with E-state index in [1.165, 1.54) is 18.2 Å². The summed E-state index contributed by atoms with van der Waals surface area (Å²) in [6, 6.07) is 13.3. The highest BCUT2D eigenvalue weighted by Crippen LogP contribution is 2.16. The molecule has 0 aliphatic heterocycles. The molecule has 0 radical (unpaired) electrons. The van der Waals surface area contributed by atoms with E-state index in [1.54, 1.807) is 6.07 Å². The van der Waals surface area contributed by atoms with Crippen molar-refractivity contribution < 1.29 is 9.72 Å². The van der Waals surface area contributed by atoms with Crippen LogP contribution < -0.4 is 10.6 Å². The van der Waals surface area contributed by atoms with Crippen molar-refractivity contribution >= 4 is 33.3 Å². The summed E-state index contributed by atoms with van der Waals surface area (Å²) in [5.41, 5.74) is 1.43. The van der Waals surface area contributed by atoms with Gasteiger partial charge in [-0.3, -0.25) is 10.1 Å². The van der Waals surface area contributed by atoms with Gasteiger partial charge in [0, 0.05) is 28.8 Å². The van der Waals surface area contributed by atoms with Gasteiger partial charge in [-0.15, -0.1) is 0 Å². The molecule has 0 spiro atoms. The van der Waals surface area contributed by atoms with Gasteiger partial charge in [-0.25, -0.2) is 4.79 Å². The van der Waals surface area contributed by atoms with E-state index in [1.807, 2.05) is 24.3 Å². The zero-order chi connectivity index (χ0) is 15.9. The molecule has 6 nitrogen and oxygen atoms in total. The molecule has 0 aliphatic carbocycles. The number of non-ortho nitro benzene ring substituents is 1. The Balaban J connectivity index is 1.81. The summed E-state index contributed by atoms with van der Waals surface area (Å²) in [7, 11) is 0. The Morgan fingerprint density at radius 3 is 2.59 bits per heavy atom. The average molecular weight is 364 g/mol. The van der Waals surface area contributed by atoms with E-state index < -0.39 is 11.0 Å². The first-order valence-corrected chi connectivity index (χ1v) is 7.37. The van der Waals surface area contributed by atoms with Crippen LogP contribution in [0.3, 0.4) is 0 Å². The monoisotopic (exact) mass is 363 g/mol. The molecule has 0 fully saturated rings. The van der Waals surface area contributed by atoms with E-state index in [2.05, 4.69) is 26.6 Å². The number of amides is 2. The van der Waals surface area contributed by atoms with E-state index >= 15 is 0 Å². The van der Waals surface area contributed by atoms with Crippen LogP contribution in [0.5, 0.6) is 0 Å². The minimum absolute atomic E-state index is 0.0623. The lowest BCUT2D eigenvalue weighted by Crippen LogP contribution is -2.30. The molecule has 2 rings (SSSR count). The Bertz CT molecular complexity index is 674. The van der Waals surface area contributed by atoms with Gasteiger partial charge in [0.15, 0.2) is 0 Å². The number of hydrogen-bond acceptors (Lipinski definition) is 3. The second-order valence-corrected chi connectivity index (χ2v) is 5.48. The molecule has 114 valence electrons. The molecule has 0 atom stereocenters. The van der Waals surface area contributed by atoms with E-state index in [0.717, 1.165) is 10.0 Å². The van der Waals surface area contributed by atoms with Gasteiger partial charge in [0.2, 0.25) is 0 Å². The van der Waals surface area contributed by atoms with Crippen LogP contribution in [-0.4, -0.2) is 17.5 Å². The fourth-order valence-electron chi connectivity index (χ4n) is 1.84. The Morgan fingerprint density at radius 2 is 1.91 bits per heavy atom. The van der Waals surface area contributed by atoms with Crippen molar-refractivity contribution in [2.75, 3.05) is 11.9 Å². The molecule has 0 saturated carbocycles. The number of carbonyl (C=O) groups excluding carboxylic acids is 1. The first kappa shape index (κ1) is 16.0. The Kier molecular flexibility index (Phi) is 5.48. The number of benzene rings is 2. The largest absolute Gasteiger partial charge is 0.338 e. The maximum Gasteiger partial charge on any atom is 0.319 e. The summed E-state index contributed by atoms with van der Waals surface area (Å²) in [4.78, 5) is 21.9. The number of nitrogens with zero attached hydrogens (tertiary/aromatic N) is 1. The topological polar surface area (TPSA) is 84.3 Å². The number of nitro groups is 1. The highest BCUT2D eigenvalue weighted by molar-refractivity contribution is 9.10. The minimum atomic E-state index is -0.503. The van der Waals surface area contributed by atoms with Gasteiger partial charge in [-0.2, -0.15) is 0 Å². The maximum atomic E-state index is 11.7. The molecule has 0 heterocycles. The van der Waals surface area contributed by atoms with Gasteiger partial charge in [-0.05, 0) is 30.2 Å². The van der Waals surface area contributed by atoms with Crippen LogP contribution in [0.25, 0.3) is 0 Å². The third kappa shape index (κ3) is 4.85. The van der Waals surface area contributed by atoms with E-state index in [4.69, 9.17) is 0 Å². The van der Waals surface area contributed by atoms with Crippen molar-refractivity contribution in [1.29, 1.82) is 0 Å². The fraction of sp³-hybridized carbons (Fsp3) is 0.133. The van der Waals surface area contributed by atoms with Crippen LogP contribution in [0.2, 0.25) is 0 Å². The summed E-state index contributed by atoms with van der Waals surface area (Å²) in [6.45, 7) is 0.475. The van der Waals surface area contributed by atoms with Gasteiger partial charge >= 0.3 is 6.03 Å². The van der Waals surface area contributed by atoms with Crippen LogP contribution in [0, 0.1) is 10.1 Å². The van der Waals surface area contributed by atoms with Crippen molar-refractivity contribution in [3.8, 4) is 0 Å². The summed E-state index contributed by atoms with van der Waals surface area (Å²) in [6.07, 6.45) is 0.704. The van der Waals surface area contributed by atoms with Crippen molar-refractivity contribution in [3.05, 3.63) is 68.7 Å². The van der Waals surface area contributed by atoms with Crippen molar-refractivity contribution in [2.45, 2.75) is 6.42 Å². The quantitative estimate of drug-likeness (QED) is 0.626. The van der Waals surface area contributed by atoms with Crippen LogP contribution >= 0.6 is 15.9 Å². The second-order valence-electron chi connectivity index (χ2n) is 4.56. The molecule has 2 amide bonds. The first-order valence-electron chi connectivity index (χ1n) is 6.58. The van der Waals surface area contributed by atoms with E-state index in [9.17, 15) is 14.9 Å². The molecular weight excluding hydrogens is 350 g/mol. The highest BCUT2D eigenvalue weighted by atomic mass is 79.9. The number of urea groups is 1. The number of nitrogens with one attached hydrogen (secondary N) is 2. The third-order valence-corrected chi connectivity index (χ3v) is 3.46. The molecule has 2 aromatic rings. The molecule has 2 N–H and O–H groups in total. The number of anilines is 1. The predicted octanol–water partition coefficient (Wildman–Crippen LogP) is 3.72. The van der Waals surface area contributed by atoms with Gasteiger partial charge in [-0.1, -0.05) is 34.1 Å². The fourth-order valence-corrected chi connectivity index (χ4v) is 2.11. The zero-order valence-electron chi connectivity index (χ0n) is 11.6. The number of halogens is 1. The molecule has 22 heavy (non-hydrogen) atoms. The average Bonchev–Trinajstić information content (AvgIpc) is 2.49. The number of hydrogen-bond donors (Lipinski definition) is 2. The second kappa shape index (κ2) is 7.56. The van der Waals surface area contributed by atoms with Gasteiger partial charge in [0.1, 0.15) is 0 Å². The van der Waals surface area contributed by atoms with Gasteiger partial charge in [0.25, 0.3) is 5.69 Å². The maximum absolute atomic E-state index is 11.7. The van der Waals surface area contributed by atoms with Crippen molar-refractivity contribution in [2.24, 2.45) is 0 Å². The molecule has 0 unspecified atom stereocenters. The minimum Gasteiger partial charge on any atom is -0.338 e. The molecule has 2 aromatic carbocycles. The predicted molar refractivity (Wildman–Crippen MR) is 88.0 cm³/mol. The van der Waals surface area contributed by atoms with Crippen LogP contribution in [-0.2, 0) is 6.42 Å². The first-order chi connectivity index (χ1) is 10.5. The molecule has 0 saturated heterocycles. The number of carbonyl (C=O) groups is 1. The van der Waals surface area contributed by atoms with Crippen LogP contribution in [0.1, 0.15) is 5.56 Å². The standard InChI is InChI=1S/C15H14BrN3O3/c16-12-6-4-11(5-7-12)8-9-17-15(20)18-13-2-1-3-14(10-13)19(21)22/h1-7,10H,8-9H2,(H2,17,18,20). The smallest absolute Gasteiger partial charge is 0.319 e. The zero-order valence-corrected chi connectivity index (χ0v) is 13.2. The Hall–Kier alpha value is -2.41. The summed E-state index contributed by atoms with van der Waals surface area (Å²) < 4.78 is 1.01. The lowest BCUT2D eigenvalue weighted by atomic mass is 10.1. The van der Waals surface area contributed by atoms with Gasteiger partial charge in [0.05, 0.1) is 4.92 Å². The van der Waals surface area contributed by atoms with E-state index in [0.29, 0.717) is 18.7 Å². The summed E-state index contributed by atoms with van der Waals surface area (Å²) in [5, 5.41) is 15.9. The van der Waals surface area contributed by atoms with E-state index in [-0.39, 0.29) is 5.69 Å². The SMILES string of the molecule is O=C(NCCc1ccc(Br)cc1)Nc1cccc([N+](=O)[O-])c1.